The lowest BCUT2D eigenvalue weighted by Crippen LogP contribution is -2.36. The molecular weight excluding hydrogens is 975 g/mol. The molecule has 0 unspecified atom stereocenters. The van der Waals surface area contributed by atoms with Crippen LogP contribution in [-0.4, -0.2) is 97.1 Å². The summed E-state index contributed by atoms with van der Waals surface area (Å²) < 4.78 is 4.89. The Hall–Kier alpha value is -7.23. The first-order chi connectivity index (χ1) is 37.9. The first-order valence-corrected chi connectivity index (χ1v) is 28.4. The Balaban J connectivity index is 0.711. The lowest BCUT2D eigenvalue weighted by atomic mass is 10.0. The van der Waals surface area contributed by atoms with Crippen LogP contribution in [0.3, 0.4) is 0 Å². The molecule has 4 amide bonds. The van der Waals surface area contributed by atoms with E-state index in [2.05, 4.69) is 169 Å². The summed E-state index contributed by atoms with van der Waals surface area (Å²) in [6, 6.07) is 32.8. The van der Waals surface area contributed by atoms with Gasteiger partial charge < -0.3 is 41.7 Å². The van der Waals surface area contributed by atoms with Crippen LogP contribution in [-0.2, 0) is 35.8 Å². The maximum absolute atomic E-state index is 12.9. The van der Waals surface area contributed by atoms with E-state index in [0.717, 1.165) is 103 Å². The van der Waals surface area contributed by atoms with Gasteiger partial charge in [0.1, 0.15) is 13.1 Å². The van der Waals surface area contributed by atoms with Gasteiger partial charge in [-0.2, -0.15) is 9.13 Å². The minimum Gasteiger partial charge on any atom is -0.377 e. The van der Waals surface area contributed by atoms with E-state index in [4.69, 9.17) is 0 Å². The number of hydrogen-bond acceptors (Lipinski definition) is 9. The van der Waals surface area contributed by atoms with Crippen LogP contribution in [0, 0.1) is 0 Å². The van der Waals surface area contributed by atoms with Gasteiger partial charge in [-0.05, 0) is 144 Å². The van der Waals surface area contributed by atoms with Crippen molar-refractivity contribution in [2.75, 3.05) is 78.3 Å². The van der Waals surface area contributed by atoms with Crippen LogP contribution >= 0.6 is 0 Å². The summed E-state index contributed by atoms with van der Waals surface area (Å²) in [6.07, 6.45) is 14.4. The molecule has 0 saturated carbocycles. The molecule has 414 valence electrons. The third-order valence-electron chi connectivity index (χ3n) is 14.6. The smallest absolute Gasteiger partial charge is 0.252 e. The number of aromatic nitrogens is 3. The Morgan fingerprint density at radius 1 is 0.423 bits per heavy atom. The average molecular weight is 1060 g/mol. The number of pyridine rings is 3. The SMILES string of the molecule is CNCc1ccc2cc3ccc(CNC)cc3[n+](CCCCCC(=O)NCCCCCNC(=O)c3cncc(C(=O)NCCCCCNC(=O)CCCCC[n+]4c5cc(N(C)C)ccc5cc5ccc(N(C)C)cc54)c3)c2c1. The number of carbonyl (C=O) groups is 4. The summed E-state index contributed by atoms with van der Waals surface area (Å²) in [5, 5.41) is 23.4. The maximum atomic E-state index is 12.9. The van der Waals surface area contributed by atoms with E-state index >= 15 is 0 Å². The Kier molecular flexibility index (Phi) is 22.5. The molecule has 0 fully saturated rings. The molecule has 7 rings (SSSR count). The zero-order valence-electron chi connectivity index (χ0n) is 47.2. The van der Waals surface area contributed by atoms with Gasteiger partial charge in [0, 0.05) is 163 Å². The Labute approximate surface area is 461 Å². The number of nitrogens with one attached hydrogen (secondary N) is 6. The van der Waals surface area contributed by atoms with Gasteiger partial charge in [0.25, 0.3) is 11.8 Å². The van der Waals surface area contributed by atoms with Crippen molar-refractivity contribution in [2.45, 2.75) is 116 Å². The van der Waals surface area contributed by atoms with Crippen molar-refractivity contribution in [3.8, 4) is 0 Å². The lowest BCUT2D eigenvalue weighted by Gasteiger charge is -2.15. The van der Waals surface area contributed by atoms with Gasteiger partial charge >= 0.3 is 0 Å². The molecule has 4 aromatic carbocycles. The molecule has 0 aliphatic carbocycles. The molecule has 3 aromatic heterocycles. The monoisotopic (exact) mass is 1060 g/mol. The van der Waals surface area contributed by atoms with Crippen molar-refractivity contribution in [3.63, 3.8) is 0 Å². The molecule has 0 aliphatic heterocycles. The first-order valence-electron chi connectivity index (χ1n) is 28.4. The fourth-order valence-corrected chi connectivity index (χ4v) is 10.2. The molecule has 0 aliphatic rings. The van der Waals surface area contributed by atoms with E-state index < -0.39 is 0 Å². The molecule has 0 saturated heterocycles. The lowest BCUT2D eigenvalue weighted by molar-refractivity contribution is -0.646. The number of anilines is 2. The Morgan fingerprint density at radius 2 is 0.795 bits per heavy atom. The number of hydrogen-bond donors (Lipinski definition) is 6. The normalized spacial score (nSPS) is 11.4. The molecule has 15 heteroatoms. The fraction of sp³-hybridized carbons (Fsp3) is 0.444. The van der Waals surface area contributed by atoms with Crippen molar-refractivity contribution < 1.29 is 28.3 Å². The van der Waals surface area contributed by atoms with Gasteiger partial charge in [-0.3, -0.25) is 24.2 Å². The second-order valence-corrected chi connectivity index (χ2v) is 21.1. The fourth-order valence-electron chi connectivity index (χ4n) is 10.2. The van der Waals surface area contributed by atoms with Crippen molar-refractivity contribution in [1.82, 2.24) is 36.9 Å². The Morgan fingerprint density at radius 3 is 1.19 bits per heavy atom. The van der Waals surface area contributed by atoms with Crippen molar-refractivity contribution in [1.29, 1.82) is 0 Å². The number of nitrogens with zero attached hydrogens (tertiary/aromatic N) is 5. The molecule has 0 bridgehead atoms. The zero-order valence-corrected chi connectivity index (χ0v) is 47.2. The molecular formula is C63H85N11O4+2. The molecule has 78 heavy (non-hydrogen) atoms. The molecule has 15 nitrogen and oxygen atoms in total. The van der Waals surface area contributed by atoms with Gasteiger partial charge in [-0.15, -0.1) is 0 Å². The number of carbonyl (C=O) groups excluding carboxylic acids is 4. The molecule has 3 heterocycles. The first kappa shape index (κ1) is 58.5. The summed E-state index contributed by atoms with van der Waals surface area (Å²) in [6.45, 7) is 5.57. The second kappa shape index (κ2) is 30.1. The Bertz CT molecular complexity index is 3010. The molecule has 0 spiro atoms. The second-order valence-electron chi connectivity index (χ2n) is 21.1. The van der Waals surface area contributed by atoms with Crippen LogP contribution in [0.4, 0.5) is 11.4 Å². The topological polar surface area (TPSA) is 168 Å². The van der Waals surface area contributed by atoms with Crippen LogP contribution in [0.1, 0.15) is 122 Å². The van der Waals surface area contributed by atoms with Crippen LogP contribution in [0.5, 0.6) is 0 Å². The van der Waals surface area contributed by atoms with Crippen molar-refractivity contribution >= 4 is 78.6 Å². The van der Waals surface area contributed by atoms with Gasteiger partial charge in [-0.25, -0.2) is 0 Å². The quantitative estimate of drug-likeness (QED) is 0.0138. The predicted octanol–water partition coefficient (Wildman–Crippen LogP) is 8.39. The minimum atomic E-state index is -0.275. The van der Waals surface area contributed by atoms with Gasteiger partial charge in [0.05, 0.1) is 11.1 Å². The highest BCUT2D eigenvalue weighted by Gasteiger charge is 2.20. The molecule has 6 N–H and O–H groups in total. The van der Waals surface area contributed by atoms with E-state index in [0.29, 0.717) is 50.1 Å². The van der Waals surface area contributed by atoms with E-state index in [1.54, 1.807) is 6.07 Å². The van der Waals surface area contributed by atoms with Crippen molar-refractivity contribution in [3.05, 3.63) is 126 Å². The number of fused-ring (bicyclic) bond motifs is 4. The summed E-state index contributed by atoms with van der Waals surface area (Å²) in [7, 11) is 12.2. The van der Waals surface area contributed by atoms with E-state index in [1.165, 1.54) is 78.5 Å². The maximum Gasteiger partial charge on any atom is 0.252 e. The predicted molar refractivity (Wildman–Crippen MR) is 317 cm³/mol. The van der Waals surface area contributed by atoms with Crippen LogP contribution in [0.15, 0.2) is 103 Å². The third kappa shape index (κ3) is 16.9. The van der Waals surface area contributed by atoms with Gasteiger partial charge in [0.2, 0.25) is 33.9 Å². The standard InChI is InChI=1S/C63H83N11O4/c1-64-42-46-21-23-48-37-49-24-22-47(43-65-2)36-57(49)73(56(48)35-46)33-17-7-11-19-60(75)67-29-13-9-15-31-69-62(77)52-39-53(45-66-44-52)63(78)70-32-16-10-14-30-68-61(76)20-12-8-18-34-74-58-40-54(71(3)4)27-25-50(58)38-51-26-28-55(72(5)6)41-59(51)74/h21-28,35-41,44-45,64-65H,7-20,29-34,42-43H2,1-6H3,(H2-2,67,68,69,70,75,76,77,78)/p+2. The molecule has 0 radical (unpaired) electrons. The van der Waals surface area contributed by atoms with Gasteiger partial charge in [-0.1, -0.05) is 12.1 Å². The average Bonchev–Trinajstić information content (AvgIpc) is 3.61. The van der Waals surface area contributed by atoms with Crippen LogP contribution in [0.25, 0.3) is 43.6 Å². The largest absolute Gasteiger partial charge is 0.377 e. The molecule has 0 atom stereocenters. The van der Waals surface area contributed by atoms with Crippen LogP contribution in [0.2, 0.25) is 0 Å². The van der Waals surface area contributed by atoms with Crippen molar-refractivity contribution in [2.24, 2.45) is 0 Å². The zero-order chi connectivity index (χ0) is 55.2. The molecule has 7 aromatic rings. The minimum absolute atomic E-state index is 0.0770. The third-order valence-corrected chi connectivity index (χ3v) is 14.6. The van der Waals surface area contributed by atoms with Crippen LogP contribution < -0.4 is 50.8 Å². The van der Waals surface area contributed by atoms with Gasteiger partial charge in [0.15, 0.2) is 0 Å². The van der Waals surface area contributed by atoms with E-state index in [-0.39, 0.29) is 23.6 Å². The highest BCUT2D eigenvalue weighted by atomic mass is 16.2. The highest BCUT2D eigenvalue weighted by Crippen LogP contribution is 2.26. The summed E-state index contributed by atoms with van der Waals surface area (Å²) >= 11 is 0. The highest BCUT2D eigenvalue weighted by molar-refractivity contribution is 5.99. The van der Waals surface area contributed by atoms with E-state index in [9.17, 15) is 19.2 Å². The number of amides is 4. The summed E-state index contributed by atoms with van der Waals surface area (Å²) in [4.78, 5) is 59.6. The number of rotatable bonds is 32. The van der Waals surface area contributed by atoms with E-state index in [1.807, 2.05) is 14.1 Å². The summed E-state index contributed by atoms with van der Waals surface area (Å²) in [5.41, 5.74) is 10.4. The number of benzene rings is 4. The number of aryl methyl sites for hydroxylation is 2. The summed E-state index contributed by atoms with van der Waals surface area (Å²) in [5.74, 6) is -0.394. The number of unbranched alkanes of at least 4 members (excludes halogenated alkanes) is 8.